The van der Waals surface area contributed by atoms with E-state index in [9.17, 15) is 4.79 Å². The van der Waals surface area contributed by atoms with Gasteiger partial charge in [0.05, 0.1) is 0 Å². The Balaban J connectivity index is 1.39. The average Bonchev–Trinajstić information content (AvgIpc) is 3.35. The lowest BCUT2D eigenvalue weighted by atomic mass is 10.2. The summed E-state index contributed by atoms with van der Waals surface area (Å²) in [5, 5.41) is 10.9. The number of anilines is 3. The van der Waals surface area contributed by atoms with Gasteiger partial charge in [-0.25, -0.2) is 0 Å². The minimum Gasteiger partial charge on any atom is -0.484 e. The summed E-state index contributed by atoms with van der Waals surface area (Å²) in [5.74, 6) is 0.904. The highest BCUT2D eigenvalue weighted by Crippen LogP contribution is 2.24. The van der Waals surface area contributed by atoms with E-state index in [0.29, 0.717) is 11.6 Å². The molecule has 0 aliphatic heterocycles. The number of hydrogen-bond acceptors (Lipinski definition) is 6. The fourth-order valence-electron chi connectivity index (χ4n) is 3.33. The van der Waals surface area contributed by atoms with Crippen LogP contribution in [-0.4, -0.2) is 28.8 Å². The van der Waals surface area contributed by atoms with E-state index in [-0.39, 0.29) is 18.6 Å². The lowest BCUT2D eigenvalue weighted by Crippen LogP contribution is -2.40. The molecule has 32 heavy (non-hydrogen) atoms. The predicted molar refractivity (Wildman–Crippen MR) is 124 cm³/mol. The highest BCUT2D eigenvalue weighted by molar-refractivity contribution is 5.95. The summed E-state index contributed by atoms with van der Waals surface area (Å²) in [7, 11) is 0. The molecule has 0 fully saturated rings. The third kappa shape index (κ3) is 5.13. The molecule has 3 aromatic carbocycles. The summed E-state index contributed by atoms with van der Waals surface area (Å²) in [6, 6.07) is 24.9. The normalized spacial score (nSPS) is 10.7. The molecule has 0 spiro atoms. The van der Waals surface area contributed by atoms with Crippen LogP contribution in [0.4, 0.5) is 17.1 Å². The Kier molecular flexibility index (Phi) is 6.46. The van der Waals surface area contributed by atoms with E-state index in [1.165, 1.54) is 6.39 Å². The summed E-state index contributed by atoms with van der Waals surface area (Å²) in [6.45, 7) is 3.89. The fraction of sp³-hybridized carbons (Fsp3) is 0.160. The van der Waals surface area contributed by atoms with Crippen LogP contribution in [0.5, 0.6) is 5.75 Å². The fourth-order valence-corrected chi connectivity index (χ4v) is 3.33. The maximum Gasteiger partial charge on any atom is 0.265 e. The number of amides is 1. The lowest BCUT2D eigenvalue weighted by Gasteiger charge is -2.27. The molecular weight excluding hydrogens is 404 g/mol. The molecule has 0 unspecified atom stereocenters. The van der Waals surface area contributed by atoms with Gasteiger partial charge in [0.1, 0.15) is 5.75 Å². The van der Waals surface area contributed by atoms with E-state index >= 15 is 0 Å². The molecule has 0 atom stereocenters. The first kappa shape index (κ1) is 21.1. The summed E-state index contributed by atoms with van der Waals surface area (Å²) >= 11 is 0. The number of rotatable bonds is 8. The molecule has 7 nitrogen and oxygen atoms in total. The molecule has 1 heterocycles. The molecule has 1 N–H and O–H groups in total. The third-order valence-electron chi connectivity index (χ3n) is 4.82. The highest BCUT2D eigenvalue weighted by atomic mass is 16.5. The number of ether oxygens (including phenoxy) is 1. The SMILES string of the molecule is CC(C)N(C(=O)COc1ccc(-c2nnco2)cc1)c1ccc(Nc2ccccc2)cc1. The number of benzene rings is 3. The first-order valence-electron chi connectivity index (χ1n) is 10.3. The third-order valence-corrected chi connectivity index (χ3v) is 4.82. The zero-order chi connectivity index (χ0) is 22.3. The molecular formula is C25H24N4O3. The van der Waals surface area contributed by atoms with Crippen molar-refractivity contribution in [3.63, 3.8) is 0 Å². The topological polar surface area (TPSA) is 80.5 Å². The van der Waals surface area contributed by atoms with Crippen LogP contribution in [0.25, 0.3) is 11.5 Å². The van der Waals surface area contributed by atoms with Gasteiger partial charge >= 0.3 is 0 Å². The van der Waals surface area contributed by atoms with E-state index in [4.69, 9.17) is 9.15 Å². The largest absolute Gasteiger partial charge is 0.484 e. The molecule has 0 radical (unpaired) electrons. The minimum absolute atomic E-state index is 0.0149. The maximum absolute atomic E-state index is 12.9. The summed E-state index contributed by atoms with van der Waals surface area (Å²) in [5.41, 5.74) is 3.57. The zero-order valence-electron chi connectivity index (χ0n) is 17.9. The van der Waals surface area contributed by atoms with Crippen molar-refractivity contribution >= 4 is 23.0 Å². The molecule has 0 saturated carbocycles. The number of carbonyl (C=O) groups excluding carboxylic acids is 1. The van der Waals surface area contributed by atoms with Gasteiger partial charge in [-0.3, -0.25) is 4.79 Å². The molecule has 0 aliphatic carbocycles. The van der Waals surface area contributed by atoms with Crippen LogP contribution in [0, 0.1) is 0 Å². The van der Waals surface area contributed by atoms with Gasteiger partial charge in [0.15, 0.2) is 6.61 Å². The molecule has 1 amide bonds. The quantitative estimate of drug-likeness (QED) is 0.410. The zero-order valence-corrected chi connectivity index (χ0v) is 17.9. The van der Waals surface area contributed by atoms with Crippen LogP contribution in [0.1, 0.15) is 13.8 Å². The highest BCUT2D eigenvalue weighted by Gasteiger charge is 2.19. The Morgan fingerprint density at radius 3 is 2.28 bits per heavy atom. The van der Waals surface area contributed by atoms with Gasteiger partial charge < -0.3 is 19.4 Å². The average molecular weight is 428 g/mol. The molecule has 4 aromatic rings. The van der Waals surface area contributed by atoms with E-state index < -0.39 is 0 Å². The predicted octanol–water partition coefficient (Wildman–Crippen LogP) is 5.30. The summed E-state index contributed by atoms with van der Waals surface area (Å²) < 4.78 is 10.9. The van der Waals surface area contributed by atoms with Crippen LogP contribution in [0.2, 0.25) is 0 Å². The van der Waals surface area contributed by atoms with Crippen molar-refractivity contribution in [1.82, 2.24) is 10.2 Å². The Hall–Kier alpha value is -4.13. The number of hydrogen-bond donors (Lipinski definition) is 1. The van der Waals surface area contributed by atoms with E-state index in [2.05, 4.69) is 15.5 Å². The van der Waals surface area contributed by atoms with Gasteiger partial charge in [0.2, 0.25) is 12.3 Å². The second kappa shape index (κ2) is 9.78. The van der Waals surface area contributed by atoms with Gasteiger partial charge in [0, 0.05) is 28.7 Å². The Morgan fingerprint density at radius 1 is 0.969 bits per heavy atom. The summed E-state index contributed by atoms with van der Waals surface area (Å²) in [4.78, 5) is 14.7. The molecule has 0 saturated heterocycles. The van der Waals surface area contributed by atoms with Gasteiger partial charge in [-0.1, -0.05) is 18.2 Å². The monoisotopic (exact) mass is 428 g/mol. The number of carbonyl (C=O) groups is 1. The molecule has 0 bridgehead atoms. The maximum atomic E-state index is 12.9. The van der Waals surface area contributed by atoms with Crippen LogP contribution in [0.15, 0.2) is 89.7 Å². The smallest absolute Gasteiger partial charge is 0.265 e. The van der Waals surface area contributed by atoms with Crippen molar-refractivity contribution < 1.29 is 13.9 Å². The van der Waals surface area contributed by atoms with Gasteiger partial charge in [-0.2, -0.15) is 0 Å². The van der Waals surface area contributed by atoms with Crippen LogP contribution < -0.4 is 15.0 Å². The van der Waals surface area contributed by atoms with E-state index in [1.54, 1.807) is 17.0 Å². The molecule has 162 valence electrons. The first-order chi connectivity index (χ1) is 15.6. The van der Waals surface area contributed by atoms with Crippen LogP contribution >= 0.6 is 0 Å². The number of nitrogens with one attached hydrogen (secondary N) is 1. The first-order valence-corrected chi connectivity index (χ1v) is 10.3. The van der Waals surface area contributed by atoms with Crippen LogP contribution in [0.3, 0.4) is 0 Å². The second-order valence-corrected chi connectivity index (χ2v) is 7.45. The molecule has 4 rings (SSSR count). The van der Waals surface area contributed by atoms with Gasteiger partial charge in [-0.15, -0.1) is 10.2 Å². The van der Waals surface area contributed by atoms with Crippen LogP contribution in [-0.2, 0) is 4.79 Å². The minimum atomic E-state index is -0.121. The van der Waals surface area contributed by atoms with Crippen molar-refractivity contribution in [2.24, 2.45) is 0 Å². The Bertz CT molecular complexity index is 1130. The van der Waals surface area contributed by atoms with Crippen molar-refractivity contribution in [3.05, 3.63) is 85.3 Å². The number of para-hydroxylation sites is 1. The molecule has 1 aromatic heterocycles. The Labute approximate surface area is 186 Å². The summed E-state index contributed by atoms with van der Waals surface area (Å²) in [6.07, 6.45) is 1.28. The molecule has 0 aliphatic rings. The van der Waals surface area contributed by atoms with Gasteiger partial charge in [0.25, 0.3) is 5.91 Å². The molecule has 7 heteroatoms. The van der Waals surface area contributed by atoms with Crippen molar-refractivity contribution in [3.8, 4) is 17.2 Å². The Morgan fingerprint density at radius 2 is 1.66 bits per heavy atom. The van der Waals surface area contributed by atoms with E-state index in [1.807, 2.05) is 80.6 Å². The second-order valence-electron chi connectivity index (χ2n) is 7.45. The van der Waals surface area contributed by atoms with E-state index in [0.717, 1.165) is 22.6 Å². The van der Waals surface area contributed by atoms with Gasteiger partial charge in [-0.05, 0) is 74.5 Å². The number of aromatic nitrogens is 2. The van der Waals surface area contributed by atoms with Crippen molar-refractivity contribution in [2.45, 2.75) is 19.9 Å². The lowest BCUT2D eigenvalue weighted by molar-refractivity contribution is -0.120. The van der Waals surface area contributed by atoms with Crippen molar-refractivity contribution in [1.29, 1.82) is 0 Å². The van der Waals surface area contributed by atoms with Crippen molar-refractivity contribution in [2.75, 3.05) is 16.8 Å². The standard InChI is InChI=1S/C25H24N4O3/c1-18(2)29(22-12-10-21(11-13-22)27-20-6-4-3-5-7-20)24(30)16-31-23-14-8-19(9-15-23)25-28-26-17-32-25/h3-15,17-18,27H,16H2,1-2H3. The number of nitrogens with zero attached hydrogens (tertiary/aromatic N) is 3.